The molecule has 24 heavy (non-hydrogen) atoms. The lowest BCUT2D eigenvalue weighted by Crippen LogP contribution is -2.45. The van der Waals surface area contributed by atoms with Crippen molar-refractivity contribution in [3.63, 3.8) is 0 Å². The predicted molar refractivity (Wildman–Crippen MR) is 89.7 cm³/mol. The van der Waals surface area contributed by atoms with Gasteiger partial charge in [-0.15, -0.1) is 0 Å². The summed E-state index contributed by atoms with van der Waals surface area (Å²) in [5.41, 5.74) is 0. The van der Waals surface area contributed by atoms with Crippen LogP contribution in [0.3, 0.4) is 0 Å². The Labute approximate surface area is 146 Å². The number of quaternary nitrogens is 1. The van der Waals surface area contributed by atoms with Gasteiger partial charge in [-0.3, -0.25) is 0 Å². The topological polar surface area (TPSA) is 80.3 Å². The Morgan fingerprint density at radius 2 is 1.29 bits per heavy atom. The smallest absolute Gasteiger partial charge is 0.179 e. The van der Waals surface area contributed by atoms with Crippen molar-refractivity contribution >= 4 is 11.9 Å². The van der Waals surface area contributed by atoms with Crippen molar-refractivity contribution in [2.24, 2.45) is 0 Å². The van der Waals surface area contributed by atoms with Crippen LogP contribution >= 0.6 is 0 Å². The monoisotopic (exact) mass is 340 g/mol. The number of carboxylic acid groups (broad SMARTS) is 2. The van der Waals surface area contributed by atoms with E-state index in [0.29, 0.717) is 13.1 Å². The minimum atomic E-state index is -1.17. The van der Waals surface area contributed by atoms with Gasteiger partial charge < -0.3 is 24.3 Å². The van der Waals surface area contributed by atoms with Gasteiger partial charge in [0.25, 0.3) is 0 Å². The molecule has 0 N–H and O–H groups in total. The van der Waals surface area contributed by atoms with Crippen LogP contribution < -0.4 is 10.2 Å². The number of nitrogens with zero attached hydrogens (tertiary/aromatic N) is 1. The molecule has 0 aliphatic carbocycles. The second-order valence-electron chi connectivity index (χ2n) is 7.38. The maximum atomic E-state index is 10.9. The summed E-state index contributed by atoms with van der Waals surface area (Å²) in [6.07, 6.45) is 15.0. The standard InChI is InChI=1S/C19H35NO4/c1-2-3-4-5-6-7-8-9-10-11-12-13-14-20(16-18(21)22)15-17(20)19(23)24/h17H,2-16H2,1H3,(H-,21,22,23,24)/p-1. The molecule has 0 bridgehead atoms. The van der Waals surface area contributed by atoms with E-state index < -0.39 is 18.0 Å². The largest absolute Gasteiger partial charge is 0.544 e. The summed E-state index contributed by atoms with van der Waals surface area (Å²) < 4.78 is 0.127. The number of carboxylic acids is 2. The molecular formula is C19H34NO4-. The van der Waals surface area contributed by atoms with Crippen molar-refractivity contribution < 1.29 is 24.3 Å². The summed E-state index contributed by atoms with van der Waals surface area (Å²) in [7, 11) is 0. The number of carbonyl (C=O) groups excluding carboxylic acids is 2. The van der Waals surface area contributed by atoms with Crippen LogP contribution in [-0.2, 0) is 9.59 Å². The third-order valence-electron chi connectivity index (χ3n) is 5.24. The van der Waals surface area contributed by atoms with Crippen LogP contribution in [0.4, 0.5) is 0 Å². The fourth-order valence-electron chi connectivity index (χ4n) is 3.62. The minimum Gasteiger partial charge on any atom is -0.544 e. The van der Waals surface area contributed by atoms with Gasteiger partial charge in [-0.25, -0.2) is 0 Å². The number of rotatable bonds is 16. The molecule has 0 aromatic rings. The van der Waals surface area contributed by atoms with Gasteiger partial charge >= 0.3 is 0 Å². The molecule has 1 fully saturated rings. The second-order valence-corrected chi connectivity index (χ2v) is 7.38. The van der Waals surface area contributed by atoms with E-state index in [2.05, 4.69) is 6.92 Å². The number of unbranched alkanes of at least 4 members (excludes halogenated alkanes) is 11. The second kappa shape index (κ2) is 11.5. The van der Waals surface area contributed by atoms with Gasteiger partial charge in [0.05, 0.1) is 12.5 Å². The average Bonchev–Trinajstić information content (AvgIpc) is 3.22. The van der Waals surface area contributed by atoms with Gasteiger partial charge in [-0.05, 0) is 12.8 Å². The summed E-state index contributed by atoms with van der Waals surface area (Å²) >= 11 is 0. The molecule has 0 radical (unpaired) electrons. The van der Waals surface area contributed by atoms with Crippen molar-refractivity contribution in [3.8, 4) is 0 Å². The molecule has 1 saturated heterocycles. The molecule has 0 spiro atoms. The van der Waals surface area contributed by atoms with E-state index in [1.807, 2.05) is 0 Å². The van der Waals surface area contributed by atoms with Crippen molar-refractivity contribution in [1.29, 1.82) is 0 Å². The highest BCUT2D eigenvalue weighted by atomic mass is 16.4. The summed E-state index contributed by atoms with van der Waals surface area (Å²) in [5, 5.41) is 21.7. The molecule has 0 amide bonds. The average molecular weight is 340 g/mol. The molecule has 140 valence electrons. The van der Waals surface area contributed by atoms with E-state index in [4.69, 9.17) is 0 Å². The first-order chi connectivity index (χ1) is 11.5. The van der Waals surface area contributed by atoms with Gasteiger partial charge in [-0.1, -0.05) is 71.1 Å². The molecule has 1 rings (SSSR count). The van der Waals surface area contributed by atoms with Gasteiger partial charge in [0.1, 0.15) is 19.1 Å². The van der Waals surface area contributed by atoms with E-state index in [-0.39, 0.29) is 11.0 Å². The van der Waals surface area contributed by atoms with Crippen molar-refractivity contribution in [2.45, 2.75) is 90.0 Å². The van der Waals surface area contributed by atoms with E-state index in [9.17, 15) is 19.8 Å². The molecule has 1 aliphatic rings. The normalized spacial score (nSPS) is 22.5. The van der Waals surface area contributed by atoms with Crippen LogP contribution in [0.5, 0.6) is 0 Å². The SMILES string of the molecule is CCCCCCCCCCCCCC[N+]1(CC(=O)[O-])CC1C(=O)[O-]. The summed E-state index contributed by atoms with van der Waals surface area (Å²) in [4.78, 5) is 21.7. The first-order valence-corrected chi connectivity index (χ1v) is 9.78. The number of aliphatic carboxylic acids is 2. The number of hydrogen-bond acceptors (Lipinski definition) is 4. The highest BCUT2D eigenvalue weighted by Crippen LogP contribution is 2.31. The zero-order chi connectivity index (χ0) is 17.8. The van der Waals surface area contributed by atoms with E-state index in [1.165, 1.54) is 57.8 Å². The van der Waals surface area contributed by atoms with Gasteiger partial charge in [-0.2, -0.15) is 0 Å². The molecule has 0 aromatic carbocycles. The molecule has 5 nitrogen and oxygen atoms in total. The van der Waals surface area contributed by atoms with Crippen molar-refractivity contribution in [1.82, 2.24) is 0 Å². The lowest BCUT2D eigenvalue weighted by Gasteiger charge is -2.21. The predicted octanol–water partition coefficient (Wildman–Crippen LogP) is 1.39. The van der Waals surface area contributed by atoms with Crippen LogP contribution in [0.15, 0.2) is 0 Å². The molecule has 5 heteroatoms. The summed E-state index contributed by atoms with van der Waals surface area (Å²) in [6, 6.07) is -0.643. The van der Waals surface area contributed by atoms with E-state index in [0.717, 1.165) is 19.3 Å². The molecule has 1 heterocycles. The molecule has 2 unspecified atom stereocenters. The van der Waals surface area contributed by atoms with Crippen LogP contribution in [-0.4, -0.2) is 42.1 Å². The van der Waals surface area contributed by atoms with Gasteiger partial charge in [0.2, 0.25) is 0 Å². The quantitative estimate of drug-likeness (QED) is 0.241. The first-order valence-electron chi connectivity index (χ1n) is 9.78. The number of carbonyl (C=O) groups is 2. The Bertz CT molecular complexity index is 386. The third-order valence-corrected chi connectivity index (χ3v) is 5.24. The fraction of sp³-hybridized carbons (Fsp3) is 0.895. The van der Waals surface area contributed by atoms with Crippen molar-refractivity contribution in [2.75, 3.05) is 19.6 Å². The first kappa shape index (κ1) is 20.9. The Morgan fingerprint density at radius 3 is 1.67 bits per heavy atom. The highest BCUT2D eigenvalue weighted by molar-refractivity contribution is 5.74. The zero-order valence-electron chi connectivity index (χ0n) is 15.3. The fourth-order valence-corrected chi connectivity index (χ4v) is 3.62. The van der Waals surface area contributed by atoms with E-state index >= 15 is 0 Å². The number of hydrogen-bond donors (Lipinski definition) is 0. The Kier molecular flexibility index (Phi) is 9.99. The third kappa shape index (κ3) is 8.13. The molecule has 0 saturated carbocycles. The minimum absolute atomic E-state index is 0.127. The van der Waals surface area contributed by atoms with Crippen LogP contribution in [0.1, 0.15) is 84.0 Å². The summed E-state index contributed by atoms with van der Waals surface area (Å²) in [5.74, 6) is -2.30. The lowest BCUT2D eigenvalue weighted by atomic mass is 10.1. The van der Waals surface area contributed by atoms with Crippen LogP contribution in [0.25, 0.3) is 0 Å². The molecule has 2 atom stereocenters. The van der Waals surface area contributed by atoms with Crippen molar-refractivity contribution in [3.05, 3.63) is 0 Å². The lowest BCUT2D eigenvalue weighted by molar-refractivity contribution is -0.805. The summed E-state index contributed by atoms with van der Waals surface area (Å²) in [6.45, 7) is 3.04. The maximum absolute atomic E-state index is 10.9. The Hall–Kier alpha value is -1.10. The molecular weight excluding hydrogens is 306 g/mol. The maximum Gasteiger partial charge on any atom is 0.179 e. The molecule has 0 aromatic heterocycles. The van der Waals surface area contributed by atoms with Gasteiger partial charge in [0.15, 0.2) is 6.04 Å². The van der Waals surface area contributed by atoms with E-state index in [1.54, 1.807) is 0 Å². The molecule has 1 aliphatic heterocycles. The van der Waals surface area contributed by atoms with Crippen LogP contribution in [0.2, 0.25) is 0 Å². The van der Waals surface area contributed by atoms with Crippen LogP contribution in [0, 0.1) is 0 Å². The van der Waals surface area contributed by atoms with Gasteiger partial charge in [0, 0.05) is 0 Å². The zero-order valence-corrected chi connectivity index (χ0v) is 15.3. The Balaban J connectivity index is 1.97. The highest BCUT2D eigenvalue weighted by Gasteiger charge is 2.55. The Morgan fingerprint density at radius 1 is 0.833 bits per heavy atom.